The number of benzene rings is 1. The molecule has 136 valence electrons. The van der Waals surface area contributed by atoms with Crippen molar-refractivity contribution in [2.75, 3.05) is 6.54 Å². The highest BCUT2D eigenvalue weighted by atomic mass is 16.1. The molecule has 0 spiro atoms. The summed E-state index contributed by atoms with van der Waals surface area (Å²) in [6.07, 6.45) is 3.04. The first-order chi connectivity index (χ1) is 12.4. The third-order valence-electron chi connectivity index (χ3n) is 4.69. The Balaban J connectivity index is 1.42. The highest BCUT2D eigenvalue weighted by Crippen LogP contribution is 2.41. The van der Waals surface area contributed by atoms with Gasteiger partial charge in [0.1, 0.15) is 11.5 Å². The zero-order valence-corrected chi connectivity index (χ0v) is 15.5. The zero-order valence-electron chi connectivity index (χ0n) is 15.5. The van der Waals surface area contributed by atoms with Crippen LogP contribution in [0.3, 0.4) is 0 Å². The standard InChI is InChI=1S/C20H25N5O/c1-20(2,3)25-17(13-8-9-13)12-16(24-25)19(26)21-11-10-18-22-14-6-4-5-7-15(14)23-18/h4-7,12-13H,8-11H2,1-3H3,(H,21,26)(H,22,23). The van der Waals surface area contributed by atoms with E-state index in [9.17, 15) is 4.79 Å². The van der Waals surface area contributed by atoms with Crippen LogP contribution in [0.4, 0.5) is 0 Å². The van der Waals surface area contributed by atoms with Gasteiger partial charge in [-0.15, -0.1) is 0 Å². The molecule has 2 heterocycles. The number of amides is 1. The number of carbonyl (C=O) groups is 1. The highest BCUT2D eigenvalue weighted by Gasteiger charge is 2.32. The number of aromatic amines is 1. The van der Waals surface area contributed by atoms with Gasteiger partial charge < -0.3 is 10.3 Å². The number of nitrogens with zero attached hydrogens (tertiary/aromatic N) is 3. The predicted molar refractivity (Wildman–Crippen MR) is 101 cm³/mol. The van der Waals surface area contributed by atoms with Crippen molar-refractivity contribution in [2.24, 2.45) is 0 Å². The minimum Gasteiger partial charge on any atom is -0.350 e. The van der Waals surface area contributed by atoms with Crippen LogP contribution >= 0.6 is 0 Å². The molecule has 0 atom stereocenters. The summed E-state index contributed by atoms with van der Waals surface area (Å²) in [4.78, 5) is 20.3. The van der Waals surface area contributed by atoms with E-state index in [-0.39, 0.29) is 11.4 Å². The van der Waals surface area contributed by atoms with Crippen LogP contribution in [0.5, 0.6) is 0 Å². The van der Waals surface area contributed by atoms with Gasteiger partial charge >= 0.3 is 0 Å². The van der Waals surface area contributed by atoms with Gasteiger partial charge in [-0.1, -0.05) is 12.1 Å². The molecule has 1 aliphatic carbocycles. The molecule has 2 N–H and O–H groups in total. The molecule has 1 amide bonds. The summed E-state index contributed by atoms with van der Waals surface area (Å²) in [5.41, 5.74) is 3.54. The number of hydrogen-bond donors (Lipinski definition) is 2. The summed E-state index contributed by atoms with van der Waals surface area (Å²) in [6.45, 7) is 6.89. The van der Waals surface area contributed by atoms with Crippen LogP contribution in [0.2, 0.25) is 0 Å². The minimum absolute atomic E-state index is 0.119. The van der Waals surface area contributed by atoms with Crippen molar-refractivity contribution < 1.29 is 4.79 Å². The fourth-order valence-corrected chi connectivity index (χ4v) is 3.22. The Morgan fingerprint density at radius 2 is 2.08 bits per heavy atom. The van der Waals surface area contributed by atoms with E-state index in [1.807, 2.05) is 35.0 Å². The van der Waals surface area contributed by atoms with Gasteiger partial charge in [0.2, 0.25) is 0 Å². The zero-order chi connectivity index (χ0) is 18.3. The van der Waals surface area contributed by atoms with Gasteiger partial charge in [0, 0.05) is 24.6 Å². The first-order valence-corrected chi connectivity index (χ1v) is 9.24. The number of H-pyrrole nitrogens is 1. The summed E-state index contributed by atoms with van der Waals surface area (Å²) in [5, 5.41) is 7.55. The molecule has 6 nitrogen and oxygen atoms in total. The molecule has 4 rings (SSSR count). The van der Waals surface area contributed by atoms with Gasteiger partial charge in [-0.2, -0.15) is 5.10 Å². The minimum atomic E-state index is -0.120. The van der Waals surface area contributed by atoms with E-state index in [1.54, 1.807) is 0 Å². The van der Waals surface area contributed by atoms with Crippen LogP contribution in [0.25, 0.3) is 11.0 Å². The van der Waals surface area contributed by atoms with Crippen LogP contribution in [0.15, 0.2) is 30.3 Å². The summed E-state index contributed by atoms with van der Waals surface area (Å²) in [6, 6.07) is 9.89. The van der Waals surface area contributed by atoms with Crippen molar-refractivity contribution in [3.05, 3.63) is 47.5 Å². The summed E-state index contributed by atoms with van der Waals surface area (Å²) < 4.78 is 2.01. The number of imidazole rings is 1. The lowest BCUT2D eigenvalue weighted by molar-refractivity contribution is 0.0947. The van der Waals surface area contributed by atoms with Crippen LogP contribution < -0.4 is 5.32 Å². The van der Waals surface area contributed by atoms with Gasteiger partial charge in [-0.25, -0.2) is 4.98 Å². The monoisotopic (exact) mass is 351 g/mol. The Kier molecular flexibility index (Phi) is 4.05. The van der Waals surface area contributed by atoms with Crippen molar-refractivity contribution in [3.63, 3.8) is 0 Å². The van der Waals surface area contributed by atoms with Crippen molar-refractivity contribution >= 4 is 16.9 Å². The van der Waals surface area contributed by atoms with Crippen molar-refractivity contribution in [2.45, 2.75) is 51.5 Å². The molecule has 1 aromatic carbocycles. The van der Waals surface area contributed by atoms with E-state index >= 15 is 0 Å². The third kappa shape index (κ3) is 3.36. The summed E-state index contributed by atoms with van der Waals surface area (Å²) in [5.74, 6) is 1.32. The van der Waals surface area contributed by atoms with Gasteiger partial charge in [-0.3, -0.25) is 9.48 Å². The molecule has 0 radical (unpaired) electrons. The molecule has 6 heteroatoms. The molecule has 2 aromatic heterocycles. The second-order valence-electron chi connectivity index (χ2n) is 8.02. The number of nitrogens with one attached hydrogen (secondary N) is 2. The fourth-order valence-electron chi connectivity index (χ4n) is 3.22. The predicted octanol–water partition coefficient (Wildman–Crippen LogP) is 3.36. The maximum absolute atomic E-state index is 12.5. The highest BCUT2D eigenvalue weighted by molar-refractivity contribution is 5.92. The Labute approximate surface area is 153 Å². The van der Waals surface area contributed by atoms with Crippen molar-refractivity contribution in [1.29, 1.82) is 0 Å². The molecule has 1 saturated carbocycles. The second kappa shape index (κ2) is 6.27. The first-order valence-electron chi connectivity index (χ1n) is 9.24. The number of para-hydroxylation sites is 2. The average Bonchev–Trinajstić information content (AvgIpc) is 3.19. The van der Waals surface area contributed by atoms with Gasteiger partial charge in [0.25, 0.3) is 5.91 Å². The first kappa shape index (κ1) is 16.8. The molecule has 3 aromatic rings. The number of aromatic nitrogens is 4. The average molecular weight is 351 g/mol. The largest absolute Gasteiger partial charge is 0.350 e. The van der Waals surface area contributed by atoms with Crippen LogP contribution in [-0.2, 0) is 12.0 Å². The van der Waals surface area contributed by atoms with Crippen molar-refractivity contribution in [3.8, 4) is 0 Å². The topological polar surface area (TPSA) is 75.6 Å². The molecular weight excluding hydrogens is 326 g/mol. The fraction of sp³-hybridized carbons (Fsp3) is 0.450. The van der Waals surface area contributed by atoms with E-state index in [0.29, 0.717) is 24.6 Å². The Morgan fingerprint density at radius 3 is 2.77 bits per heavy atom. The van der Waals surface area contributed by atoms with Crippen LogP contribution in [-0.4, -0.2) is 32.2 Å². The molecule has 1 fully saturated rings. The lowest BCUT2D eigenvalue weighted by Gasteiger charge is -2.22. The molecule has 1 aliphatic rings. The Bertz CT molecular complexity index is 910. The number of fused-ring (bicyclic) bond motifs is 1. The van der Waals surface area contributed by atoms with E-state index < -0.39 is 0 Å². The van der Waals surface area contributed by atoms with Crippen LogP contribution in [0, 0.1) is 0 Å². The lowest BCUT2D eigenvalue weighted by atomic mass is 10.1. The van der Waals surface area contributed by atoms with Crippen molar-refractivity contribution in [1.82, 2.24) is 25.1 Å². The lowest BCUT2D eigenvalue weighted by Crippen LogP contribution is -2.28. The molecule has 26 heavy (non-hydrogen) atoms. The smallest absolute Gasteiger partial charge is 0.271 e. The van der Waals surface area contributed by atoms with Gasteiger partial charge in [0.05, 0.1) is 16.6 Å². The molecule has 0 bridgehead atoms. The third-order valence-corrected chi connectivity index (χ3v) is 4.69. The van der Waals surface area contributed by atoms with Gasteiger partial charge in [0.15, 0.2) is 0 Å². The SMILES string of the molecule is CC(C)(C)n1nc(C(=O)NCCc2nc3ccccc3[nH]2)cc1C1CC1. The van der Waals surface area contributed by atoms with E-state index in [2.05, 4.69) is 41.2 Å². The number of hydrogen-bond acceptors (Lipinski definition) is 3. The molecular formula is C20H25N5O. The van der Waals surface area contributed by atoms with Gasteiger partial charge in [-0.05, 0) is 51.8 Å². The maximum atomic E-state index is 12.5. The Morgan fingerprint density at radius 1 is 1.31 bits per heavy atom. The Hall–Kier alpha value is -2.63. The summed E-state index contributed by atoms with van der Waals surface area (Å²) >= 11 is 0. The van der Waals surface area contributed by atoms with E-state index in [4.69, 9.17) is 0 Å². The number of carbonyl (C=O) groups excluding carboxylic acids is 1. The second-order valence-corrected chi connectivity index (χ2v) is 8.02. The van der Waals surface area contributed by atoms with E-state index in [1.165, 1.54) is 18.5 Å². The number of rotatable bonds is 5. The summed E-state index contributed by atoms with van der Waals surface area (Å²) in [7, 11) is 0. The molecule has 0 unspecified atom stereocenters. The molecule has 0 saturated heterocycles. The quantitative estimate of drug-likeness (QED) is 0.740. The van der Waals surface area contributed by atoms with Crippen LogP contribution in [0.1, 0.15) is 61.5 Å². The van der Waals surface area contributed by atoms with E-state index in [0.717, 1.165) is 16.9 Å². The normalized spacial score (nSPS) is 14.7. The maximum Gasteiger partial charge on any atom is 0.271 e. The molecule has 0 aliphatic heterocycles.